The molecule has 0 spiro atoms. The van der Waals surface area contributed by atoms with Crippen LogP contribution in [0, 0.1) is 11.6 Å². The lowest BCUT2D eigenvalue weighted by Crippen LogP contribution is -2.48. The molecule has 2 amide bonds. The van der Waals surface area contributed by atoms with Gasteiger partial charge in [0.05, 0.1) is 41.7 Å². The van der Waals surface area contributed by atoms with Gasteiger partial charge in [-0.05, 0) is 31.4 Å². The summed E-state index contributed by atoms with van der Waals surface area (Å²) in [5.41, 5.74) is 4.74. The van der Waals surface area contributed by atoms with Crippen LogP contribution in [-0.4, -0.2) is 31.7 Å². The van der Waals surface area contributed by atoms with Gasteiger partial charge in [-0.2, -0.15) is 5.10 Å². The Hall–Kier alpha value is -2.81. The number of aromatic nitrogens is 3. The van der Waals surface area contributed by atoms with E-state index in [2.05, 4.69) is 15.4 Å². The zero-order chi connectivity index (χ0) is 19.3. The third-order valence-corrected chi connectivity index (χ3v) is 6.10. The molecule has 2 aromatic heterocycles. The first-order valence-corrected chi connectivity index (χ1v) is 10.0. The van der Waals surface area contributed by atoms with Gasteiger partial charge in [0.1, 0.15) is 0 Å². The lowest BCUT2D eigenvalue weighted by molar-refractivity contribution is 0.139. The first-order valence-electron chi connectivity index (χ1n) is 9.09. The first kappa shape index (κ1) is 17.3. The normalized spacial score (nSPS) is 20.7. The topological polar surface area (TPSA) is 63.1 Å². The van der Waals surface area contributed by atoms with Crippen molar-refractivity contribution in [3.05, 3.63) is 52.6 Å². The number of nitrogens with zero attached hydrogens (tertiary/aromatic N) is 4. The molecule has 1 N–H and O–H groups in total. The molecule has 144 valence electrons. The standard InChI is InChI=1S/C19H17F2N5OS/c20-13-5-4-11(6-14(13)21)24-19(27)25-8-18-12(15-9-28-10-22-15)7-23-26(18)17-3-1-2-16(17)25/h4-7,9-10,16-17H,1-3,8H2,(H,24,27)/t16-,17+/m0/s1. The van der Waals surface area contributed by atoms with Crippen LogP contribution in [0.5, 0.6) is 0 Å². The molecule has 9 heteroatoms. The number of fused-ring (bicyclic) bond motifs is 3. The molecular weight excluding hydrogens is 384 g/mol. The van der Waals surface area contributed by atoms with Crippen molar-refractivity contribution in [2.24, 2.45) is 0 Å². The van der Waals surface area contributed by atoms with Gasteiger partial charge in [0.15, 0.2) is 11.6 Å². The second-order valence-corrected chi connectivity index (χ2v) is 7.79. The van der Waals surface area contributed by atoms with Gasteiger partial charge in [-0.25, -0.2) is 18.6 Å². The summed E-state index contributed by atoms with van der Waals surface area (Å²) in [6, 6.07) is 3.19. The van der Waals surface area contributed by atoms with E-state index in [4.69, 9.17) is 0 Å². The predicted molar refractivity (Wildman–Crippen MR) is 101 cm³/mol. The molecular formula is C19H17F2N5OS. The van der Waals surface area contributed by atoms with Crippen molar-refractivity contribution in [2.45, 2.75) is 37.9 Å². The molecule has 0 unspecified atom stereocenters. The minimum absolute atomic E-state index is 0.0287. The maximum absolute atomic E-state index is 13.5. The zero-order valence-electron chi connectivity index (χ0n) is 14.8. The van der Waals surface area contributed by atoms with Gasteiger partial charge in [0.25, 0.3) is 0 Å². The number of thiazole rings is 1. The highest BCUT2D eigenvalue weighted by atomic mass is 32.1. The SMILES string of the molecule is O=C(Nc1ccc(F)c(F)c1)N1Cc2c(-c3cscn3)cnn2[C@@H]2CCC[C@@H]21. The quantitative estimate of drug-likeness (QED) is 0.691. The number of carbonyl (C=O) groups is 1. The molecule has 6 nitrogen and oxygen atoms in total. The Labute approximate surface area is 163 Å². The minimum atomic E-state index is -0.987. The Bertz CT molecular complexity index is 1040. The van der Waals surface area contributed by atoms with Crippen molar-refractivity contribution < 1.29 is 13.6 Å². The van der Waals surface area contributed by atoms with Gasteiger partial charge in [0.2, 0.25) is 0 Å². The van der Waals surface area contributed by atoms with Crippen LogP contribution in [0.15, 0.2) is 35.3 Å². The van der Waals surface area contributed by atoms with Crippen LogP contribution in [0.4, 0.5) is 19.3 Å². The molecule has 2 aliphatic rings. The number of amides is 2. The minimum Gasteiger partial charge on any atom is -0.313 e. The van der Waals surface area contributed by atoms with Crippen LogP contribution in [0.3, 0.4) is 0 Å². The lowest BCUT2D eigenvalue weighted by atomic mass is 10.0. The van der Waals surface area contributed by atoms with E-state index in [-0.39, 0.29) is 23.8 Å². The third kappa shape index (κ3) is 2.77. The van der Waals surface area contributed by atoms with E-state index in [9.17, 15) is 13.6 Å². The maximum atomic E-state index is 13.5. The van der Waals surface area contributed by atoms with Gasteiger partial charge in [-0.15, -0.1) is 11.3 Å². The van der Waals surface area contributed by atoms with Crippen LogP contribution in [0.25, 0.3) is 11.3 Å². The van der Waals surface area contributed by atoms with Crippen LogP contribution in [-0.2, 0) is 6.54 Å². The van der Waals surface area contributed by atoms with Crippen molar-refractivity contribution in [2.75, 3.05) is 5.32 Å². The first-order chi connectivity index (χ1) is 13.6. The molecule has 1 aliphatic heterocycles. The van der Waals surface area contributed by atoms with E-state index < -0.39 is 11.6 Å². The van der Waals surface area contributed by atoms with Crippen molar-refractivity contribution in [1.82, 2.24) is 19.7 Å². The summed E-state index contributed by atoms with van der Waals surface area (Å²) in [6.45, 7) is 0.392. The largest absolute Gasteiger partial charge is 0.322 e. The highest BCUT2D eigenvalue weighted by molar-refractivity contribution is 7.07. The number of hydrogen-bond donors (Lipinski definition) is 1. The van der Waals surface area contributed by atoms with Crippen LogP contribution in [0.1, 0.15) is 31.0 Å². The van der Waals surface area contributed by atoms with E-state index in [1.54, 1.807) is 10.4 Å². The predicted octanol–water partition coefficient (Wildman–Crippen LogP) is 4.43. The Morgan fingerprint density at radius 3 is 2.86 bits per heavy atom. The fourth-order valence-corrected chi connectivity index (χ4v) is 4.78. The molecule has 3 aromatic rings. The number of benzene rings is 1. The van der Waals surface area contributed by atoms with Crippen LogP contribution < -0.4 is 5.32 Å². The summed E-state index contributed by atoms with van der Waals surface area (Å²) in [4.78, 5) is 19.2. The van der Waals surface area contributed by atoms with Gasteiger partial charge in [0, 0.05) is 22.7 Å². The number of urea groups is 1. The van der Waals surface area contributed by atoms with Crippen molar-refractivity contribution >= 4 is 23.1 Å². The lowest BCUT2D eigenvalue weighted by Gasteiger charge is -2.38. The molecule has 3 heterocycles. The Balaban J connectivity index is 1.46. The number of rotatable bonds is 2. The number of nitrogens with one attached hydrogen (secondary N) is 1. The molecule has 1 aromatic carbocycles. The number of halogens is 2. The van der Waals surface area contributed by atoms with Gasteiger partial charge in [-0.3, -0.25) is 4.68 Å². The average molecular weight is 401 g/mol. The summed E-state index contributed by atoms with van der Waals surface area (Å²) < 4.78 is 28.7. The highest BCUT2D eigenvalue weighted by Gasteiger charge is 2.42. The molecule has 0 saturated heterocycles. The van der Waals surface area contributed by atoms with Gasteiger partial charge in [-0.1, -0.05) is 0 Å². The second-order valence-electron chi connectivity index (χ2n) is 7.08. The van der Waals surface area contributed by atoms with Crippen molar-refractivity contribution in [3.63, 3.8) is 0 Å². The molecule has 0 bridgehead atoms. The van der Waals surface area contributed by atoms with E-state index >= 15 is 0 Å². The summed E-state index contributed by atoms with van der Waals surface area (Å²) in [6.07, 6.45) is 4.66. The molecule has 28 heavy (non-hydrogen) atoms. The number of hydrogen-bond acceptors (Lipinski definition) is 4. The molecule has 0 radical (unpaired) electrons. The Kier molecular flexibility index (Phi) is 4.12. The summed E-state index contributed by atoms with van der Waals surface area (Å²) in [7, 11) is 0. The third-order valence-electron chi connectivity index (χ3n) is 5.52. The summed E-state index contributed by atoms with van der Waals surface area (Å²) >= 11 is 1.51. The second kappa shape index (κ2) is 6.66. The van der Waals surface area contributed by atoms with E-state index in [1.165, 1.54) is 17.4 Å². The van der Waals surface area contributed by atoms with Gasteiger partial charge >= 0.3 is 6.03 Å². The summed E-state index contributed by atoms with van der Waals surface area (Å²) in [5, 5.41) is 9.26. The smallest absolute Gasteiger partial charge is 0.313 e. The zero-order valence-corrected chi connectivity index (χ0v) is 15.6. The fourth-order valence-electron chi connectivity index (χ4n) is 4.23. The fraction of sp³-hybridized carbons (Fsp3) is 0.316. The molecule has 1 aliphatic carbocycles. The maximum Gasteiger partial charge on any atom is 0.322 e. The van der Waals surface area contributed by atoms with Crippen molar-refractivity contribution in [3.8, 4) is 11.3 Å². The Morgan fingerprint density at radius 1 is 1.21 bits per heavy atom. The Morgan fingerprint density at radius 2 is 2.07 bits per heavy atom. The number of anilines is 1. The summed E-state index contributed by atoms with van der Waals surface area (Å²) in [5.74, 6) is -1.93. The molecule has 1 fully saturated rings. The van der Waals surface area contributed by atoms with E-state index in [0.717, 1.165) is 48.3 Å². The monoisotopic (exact) mass is 401 g/mol. The molecule has 2 atom stereocenters. The van der Waals surface area contributed by atoms with E-state index in [1.807, 2.05) is 16.3 Å². The molecule has 1 saturated carbocycles. The average Bonchev–Trinajstić information content (AvgIpc) is 3.42. The van der Waals surface area contributed by atoms with Crippen molar-refractivity contribution in [1.29, 1.82) is 0 Å². The van der Waals surface area contributed by atoms with Crippen LogP contribution in [0.2, 0.25) is 0 Å². The van der Waals surface area contributed by atoms with Gasteiger partial charge < -0.3 is 10.2 Å². The highest BCUT2D eigenvalue weighted by Crippen LogP contribution is 2.41. The molecule has 5 rings (SSSR count). The number of carbonyl (C=O) groups excluding carboxylic acids is 1. The van der Waals surface area contributed by atoms with Crippen LogP contribution >= 0.6 is 11.3 Å². The van der Waals surface area contributed by atoms with E-state index in [0.29, 0.717) is 6.54 Å².